The molecule has 5 aliphatic carbocycles. The number of allylic oxidation sites excluding steroid dienone is 2. The predicted molar refractivity (Wildman–Crippen MR) is 122 cm³/mol. The first-order valence-corrected chi connectivity index (χ1v) is 12.2. The van der Waals surface area contributed by atoms with Gasteiger partial charge in [-0.25, -0.2) is 0 Å². The standard InChI is InChI=1S/C26H29N3O4/c1-13(30)27-15-4-6-16(7-5-15)28-24(31)14-2-8-17(9-3-14)29-25(32)22-18-10-11-19(21-12-20(18)21)23(22)26(29)33/h4-7,10-11,14,17-23H,2-3,8-9,12H2,1H3,(H,27,30)(H,28,31)/t14?,17?,18-,19+,20-,21-,22+,23-/m1/s1. The monoisotopic (exact) mass is 447 g/mol. The highest BCUT2D eigenvalue weighted by molar-refractivity contribution is 6.06. The van der Waals surface area contributed by atoms with Crippen molar-refractivity contribution in [3.63, 3.8) is 0 Å². The van der Waals surface area contributed by atoms with E-state index >= 15 is 0 Å². The van der Waals surface area contributed by atoms with Gasteiger partial charge in [0.1, 0.15) is 0 Å². The van der Waals surface area contributed by atoms with Crippen molar-refractivity contribution in [3.05, 3.63) is 36.4 Å². The number of hydrogen-bond acceptors (Lipinski definition) is 4. The number of rotatable bonds is 4. The van der Waals surface area contributed by atoms with Crippen LogP contribution in [0, 0.1) is 41.4 Å². The minimum absolute atomic E-state index is 0.0317. The summed E-state index contributed by atoms with van der Waals surface area (Å²) in [5, 5.41) is 5.66. The minimum Gasteiger partial charge on any atom is -0.326 e. The van der Waals surface area contributed by atoms with Crippen molar-refractivity contribution >= 4 is 35.0 Å². The molecule has 3 saturated carbocycles. The van der Waals surface area contributed by atoms with Gasteiger partial charge in [0.2, 0.25) is 23.6 Å². The summed E-state index contributed by atoms with van der Waals surface area (Å²) >= 11 is 0. The zero-order valence-electron chi connectivity index (χ0n) is 18.7. The third-order valence-corrected chi connectivity index (χ3v) is 8.60. The summed E-state index contributed by atoms with van der Waals surface area (Å²) in [4.78, 5) is 52.2. The summed E-state index contributed by atoms with van der Waals surface area (Å²) in [6.07, 6.45) is 8.30. The topological polar surface area (TPSA) is 95.6 Å². The van der Waals surface area contributed by atoms with E-state index in [0.29, 0.717) is 48.9 Å². The van der Waals surface area contributed by atoms with E-state index in [1.54, 1.807) is 29.2 Å². The van der Waals surface area contributed by atoms with Gasteiger partial charge in [0.05, 0.1) is 11.8 Å². The predicted octanol–water partition coefficient (Wildman–Crippen LogP) is 3.20. The molecule has 4 amide bonds. The van der Waals surface area contributed by atoms with Crippen LogP contribution in [-0.2, 0) is 19.2 Å². The Morgan fingerprint density at radius 2 is 1.33 bits per heavy atom. The van der Waals surface area contributed by atoms with Gasteiger partial charge in [-0.05, 0) is 80.0 Å². The van der Waals surface area contributed by atoms with Crippen LogP contribution in [0.5, 0.6) is 0 Å². The van der Waals surface area contributed by atoms with Crippen molar-refractivity contribution in [2.75, 3.05) is 10.6 Å². The van der Waals surface area contributed by atoms with Crippen LogP contribution in [0.4, 0.5) is 11.4 Å². The van der Waals surface area contributed by atoms with Crippen LogP contribution >= 0.6 is 0 Å². The van der Waals surface area contributed by atoms with Gasteiger partial charge in [0.25, 0.3) is 0 Å². The number of likely N-dealkylation sites (tertiary alicyclic amines) is 1. The number of nitrogens with zero attached hydrogens (tertiary/aromatic N) is 1. The molecule has 2 bridgehead atoms. The highest BCUT2D eigenvalue weighted by Crippen LogP contribution is 2.65. The second kappa shape index (κ2) is 7.54. The lowest BCUT2D eigenvalue weighted by Gasteiger charge is -2.37. The lowest BCUT2D eigenvalue weighted by molar-refractivity contribution is -0.144. The quantitative estimate of drug-likeness (QED) is 0.547. The van der Waals surface area contributed by atoms with E-state index in [4.69, 9.17) is 0 Å². The molecule has 172 valence electrons. The Labute approximate surface area is 193 Å². The maximum absolute atomic E-state index is 13.3. The Morgan fingerprint density at radius 1 is 0.818 bits per heavy atom. The summed E-state index contributed by atoms with van der Waals surface area (Å²) in [5.74, 6) is 1.25. The van der Waals surface area contributed by atoms with Crippen molar-refractivity contribution < 1.29 is 19.2 Å². The molecule has 7 heteroatoms. The third kappa shape index (κ3) is 3.31. The van der Waals surface area contributed by atoms with Gasteiger partial charge in [-0.1, -0.05) is 12.2 Å². The third-order valence-electron chi connectivity index (χ3n) is 8.60. The summed E-state index contributed by atoms with van der Waals surface area (Å²) < 4.78 is 0. The summed E-state index contributed by atoms with van der Waals surface area (Å²) in [6.45, 7) is 1.45. The molecule has 1 aliphatic heterocycles. The maximum Gasteiger partial charge on any atom is 0.233 e. The molecule has 0 unspecified atom stereocenters. The molecule has 1 aromatic rings. The molecule has 7 rings (SSSR count). The average molecular weight is 448 g/mol. The fraction of sp³-hybridized carbons (Fsp3) is 0.538. The molecule has 0 radical (unpaired) electrons. The summed E-state index contributed by atoms with van der Waals surface area (Å²) in [6, 6.07) is 6.97. The normalized spacial score (nSPS) is 38.0. The van der Waals surface area contributed by atoms with Crippen LogP contribution in [-0.4, -0.2) is 34.6 Å². The Kier molecular flexibility index (Phi) is 4.71. The van der Waals surface area contributed by atoms with Crippen LogP contribution in [0.2, 0.25) is 0 Å². The van der Waals surface area contributed by atoms with Crippen LogP contribution < -0.4 is 10.6 Å². The van der Waals surface area contributed by atoms with E-state index in [1.165, 1.54) is 13.3 Å². The molecule has 1 aromatic carbocycles. The number of nitrogens with one attached hydrogen (secondary N) is 2. The lowest BCUT2D eigenvalue weighted by Crippen LogP contribution is -2.44. The van der Waals surface area contributed by atoms with Crippen LogP contribution in [0.3, 0.4) is 0 Å². The van der Waals surface area contributed by atoms with Gasteiger partial charge >= 0.3 is 0 Å². The number of amides is 4. The molecule has 33 heavy (non-hydrogen) atoms. The zero-order valence-corrected chi connectivity index (χ0v) is 18.7. The van der Waals surface area contributed by atoms with E-state index in [1.807, 2.05) is 0 Å². The maximum atomic E-state index is 13.3. The van der Waals surface area contributed by atoms with Crippen LogP contribution in [0.1, 0.15) is 39.0 Å². The Morgan fingerprint density at radius 3 is 1.85 bits per heavy atom. The second-order valence-corrected chi connectivity index (χ2v) is 10.5. The Hall–Kier alpha value is -2.96. The van der Waals surface area contributed by atoms with Gasteiger partial charge in [-0.15, -0.1) is 0 Å². The van der Waals surface area contributed by atoms with E-state index in [-0.39, 0.29) is 59.3 Å². The SMILES string of the molecule is CC(=O)Nc1ccc(NC(=O)C2CCC(N3C(=O)[C@@H]4[C@H]5C=C[C@H]([C@H]6C[C@H]56)[C@@H]4C3=O)CC2)cc1. The molecule has 6 atom stereocenters. The number of anilines is 2. The molecule has 1 saturated heterocycles. The molecule has 0 aromatic heterocycles. The van der Waals surface area contributed by atoms with E-state index in [9.17, 15) is 19.2 Å². The smallest absolute Gasteiger partial charge is 0.233 e. The van der Waals surface area contributed by atoms with E-state index in [2.05, 4.69) is 22.8 Å². The Bertz CT molecular complexity index is 1020. The molecule has 7 nitrogen and oxygen atoms in total. The highest BCUT2D eigenvalue weighted by Gasteiger charge is 2.67. The molecule has 4 fully saturated rings. The van der Waals surface area contributed by atoms with Gasteiger partial charge in [-0.3, -0.25) is 24.1 Å². The van der Waals surface area contributed by atoms with Crippen LogP contribution in [0.15, 0.2) is 36.4 Å². The number of carbonyl (C=O) groups excluding carboxylic acids is 4. The van der Waals surface area contributed by atoms with Gasteiger partial charge in [0, 0.05) is 30.3 Å². The molecule has 0 spiro atoms. The van der Waals surface area contributed by atoms with Crippen molar-refractivity contribution in [2.45, 2.75) is 45.1 Å². The summed E-state index contributed by atoms with van der Waals surface area (Å²) in [7, 11) is 0. The van der Waals surface area contributed by atoms with Gasteiger partial charge in [-0.2, -0.15) is 0 Å². The fourth-order valence-corrected chi connectivity index (χ4v) is 7.02. The van der Waals surface area contributed by atoms with Crippen molar-refractivity contribution in [3.8, 4) is 0 Å². The fourth-order valence-electron chi connectivity index (χ4n) is 7.02. The molecule has 1 heterocycles. The number of hydrogen-bond donors (Lipinski definition) is 2. The molecule has 2 N–H and O–H groups in total. The highest BCUT2D eigenvalue weighted by atomic mass is 16.2. The molecule has 6 aliphatic rings. The molecular formula is C26H29N3O4. The summed E-state index contributed by atoms with van der Waals surface area (Å²) in [5.41, 5.74) is 1.37. The number of benzene rings is 1. The lowest BCUT2D eigenvalue weighted by atomic mass is 9.63. The van der Waals surface area contributed by atoms with Crippen molar-refractivity contribution in [1.82, 2.24) is 4.90 Å². The largest absolute Gasteiger partial charge is 0.326 e. The Balaban J connectivity index is 1.06. The van der Waals surface area contributed by atoms with Gasteiger partial charge < -0.3 is 10.6 Å². The first kappa shape index (κ1) is 20.6. The van der Waals surface area contributed by atoms with Crippen LogP contribution in [0.25, 0.3) is 0 Å². The van der Waals surface area contributed by atoms with Crippen molar-refractivity contribution in [1.29, 1.82) is 0 Å². The zero-order chi connectivity index (χ0) is 22.9. The first-order chi connectivity index (χ1) is 15.9. The minimum atomic E-state index is -0.141. The van der Waals surface area contributed by atoms with Gasteiger partial charge in [0.15, 0.2) is 0 Å². The number of carbonyl (C=O) groups is 4. The number of imide groups is 1. The van der Waals surface area contributed by atoms with E-state index < -0.39 is 0 Å². The first-order valence-electron chi connectivity index (χ1n) is 12.2. The molecular weight excluding hydrogens is 418 g/mol. The second-order valence-electron chi connectivity index (χ2n) is 10.5. The van der Waals surface area contributed by atoms with Crippen molar-refractivity contribution in [2.24, 2.45) is 41.4 Å². The average Bonchev–Trinajstić information content (AvgIpc) is 3.58. The van der Waals surface area contributed by atoms with E-state index in [0.717, 1.165) is 0 Å².